The van der Waals surface area contributed by atoms with Gasteiger partial charge in [-0.25, -0.2) is 4.68 Å². The molecule has 0 saturated heterocycles. The molecule has 1 aromatic heterocycles. The summed E-state index contributed by atoms with van der Waals surface area (Å²) in [6.07, 6.45) is 4.94. The number of anilines is 1. The summed E-state index contributed by atoms with van der Waals surface area (Å²) in [4.78, 5) is 25.5. The van der Waals surface area contributed by atoms with Crippen LogP contribution in [0, 0.1) is 6.92 Å². The molecule has 0 aliphatic heterocycles. The van der Waals surface area contributed by atoms with E-state index in [0.717, 1.165) is 24.0 Å². The largest absolute Gasteiger partial charge is 0.490 e. The number of hydrogen-bond donors (Lipinski definition) is 1. The minimum Gasteiger partial charge on any atom is -0.490 e. The van der Waals surface area contributed by atoms with E-state index < -0.39 is 6.04 Å². The number of aromatic nitrogens is 2. The zero-order valence-corrected chi connectivity index (χ0v) is 16.7. The maximum Gasteiger partial charge on any atom is 0.275 e. The van der Waals surface area contributed by atoms with Gasteiger partial charge in [-0.2, -0.15) is 5.10 Å². The Bertz CT molecular complexity index is 1080. The number of amides is 1. The number of nitrogens with zero attached hydrogens (tertiary/aromatic N) is 2. The van der Waals surface area contributed by atoms with Crippen molar-refractivity contribution in [1.29, 1.82) is 0 Å². The van der Waals surface area contributed by atoms with Gasteiger partial charge in [0.25, 0.3) is 5.56 Å². The molecule has 1 heterocycles. The first-order valence-electron chi connectivity index (χ1n) is 10.1. The number of hydrogen-bond acceptors (Lipinski definition) is 4. The summed E-state index contributed by atoms with van der Waals surface area (Å²) in [6, 6.07) is 13.9. The number of carbonyl (C=O) groups excluding carboxylic acids is 1. The monoisotopic (exact) mass is 391 g/mol. The van der Waals surface area contributed by atoms with Gasteiger partial charge in [-0.1, -0.05) is 18.2 Å². The first-order valence-corrected chi connectivity index (χ1v) is 10.1. The van der Waals surface area contributed by atoms with Gasteiger partial charge in [-0.3, -0.25) is 9.59 Å². The van der Waals surface area contributed by atoms with Crippen LogP contribution in [0.2, 0.25) is 0 Å². The smallest absolute Gasteiger partial charge is 0.275 e. The van der Waals surface area contributed by atoms with Crippen molar-refractivity contribution in [3.05, 3.63) is 64.6 Å². The highest BCUT2D eigenvalue weighted by atomic mass is 16.5. The van der Waals surface area contributed by atoms with E-state index in [0.29, 0.717) is 22.9 Å². The molecule has 1 aliphatic rings. The summed E-state index contributed by atoms with van der Waals surface area (Å²) < 4.78 is 7.21. The van der Waals surface area contributed by atoms with Crippen molar-refractivity contribution in [2.45, 2.75) is 51.7 Å². The lowest BCUT2D eigenvalue weighted by Crippen LogP contribution is -2.34. The molecule has 0 spiro atoms. The highest BCUT2D eigenvalue weighted by molar-refractivity contribution is 5.93. The molecule has 1 atom stereocenters. The van der Waals surface area contributed by atoms with E-state index in [2.05, 4.69) is 10.4 Å². The van der Waals surface area contributed by atoms with Crippen molar-refractivity contribution in [2.75, 3.05) is 5.32 Å². The summed E-state index contributed by atoms with van der Waals surface area (Å²) in [5.74, 6) is 0.518. The second kappa shape index (κ2) is 8.07. The van der Waals surface area contributed by atoms with Crippen LogP contribution in [0.25, 0.3) is 10.8 Å². The lowest BCUT2D eigenvalue weighted by molar-refractivity contribution is -0.119. The molecule has 29 heavy (non-hydrogen) atoms. The highest BCUT2D eigenvalue weighted by Crippen LogP contribution is 2.25. The molecular formula is C23H25N3O3. The molecule has 0 bridgehead atoms. The van der Waals surface area contributed by atoms with Crippen molar-refractivity contribution in [2.24, 2.45) is 0 Å². The minimum absolute atomic E-state index is 0.269. The predicted molar refractivity (Wildman–Crippen MR) is 113 cm³/mol. The Labute approximate surface area is 169 Å². The van der Waals surface area contributed by atoms with Crippen LogP contribution in [-0.4, -0.2) is 21.8 Å². The van der Waals surface area contributed by atoms with Crippen LogP contribution < -0.4 is 15.6 Å². The van der Waals surface area contributed by atoms with Gasteiger partial charge >= 0.3 is 0 Å². The van der Waals surface area contributed by atoms with Crippen LogP contribution in [-0.2, 0) is 4.79 Å². The van der Waals surface area contributed by atoms with Gasteiger partial charge in [0.1, 0.15) is 11.8 Å². The topological polar surface area (TPSA) is 73.2 Å². The molecule has 1 fully saturated rings. The van der Waals surface area contributed by atoms with Crippen LogP contribution in [0.4, 0.5) is 5.69 Å². The molecular weight excluding hydrogens is 366 g/mol. The van der Waals surface area contributed by atoms with E-state index in [1.807, 2.05) is 49.4 Å². The molecule has 150 valence electrons. The van der Waals surface area contributed by atoms with E-state index >= 15 is 0 Å². The Morgan fingerprint density at radius 2 is 1.76 bits per heavy atom. The number of benzene rings is 2. The zero-order valence-electron chi connectivity index (χ0n) is 16.7. The number of ether oxygens (including phenoxy) is 1. The van der Waals surface area contributed by atoms with Gasteiger partial charge < -0.3 is 10.1 Å². The van der Waals surface area contributed by atoms with E-state index in [9.17, 15) is 9.59 Å². The van der Waals surface area contributed by atoms with E-state index in [1.165, 1.54) is 17.5 Å². The van der Waals surface area contributed by atoms with Gasteiger partial charge in [-0.05, 0) is 69.9 Å². The van der Waals surface area contributed by atoms with Crippen LogP contribution in [0.15, 0.2) is 53.3 Å². The number of nitrogens with one attached hydrogen (secondary N) is 1. The Morgan fingerprint density at radius 3 is 2.45 bits per heavy atom. The molecule has 2 aromatic carbocycles. The summed E-state index contributed by atoms with van der Waals surface area (Å²) in [5.41, 5.74) is 1.11. The molecule has 1 aliphatic carbocycles. The quantitative estimate of drug-likeness (QED) is 0.706. The lowest BCUT2D eigenvalue weighted by Gasteiger charge is -2.16. The maximum atomic E-state index is 12.8. The third-order valence-electron chi connectivity index (χ3n) is 5.49. The van der Waals surface area contributed by atoms with Gasteiger partial charge in [-0.15, -0.1) is 0 Å². The number of aryl methyl sites for hydroxylation is 1. The first kappa shape index (κ1) is 19.2. The normalized spacial score (nSPS) is 15.4. The van der Waals surface area contributed by atoms with Gasteiger partial charge in [0.2, 0.25) is 5.91 Å². The molecule has 1 amide bonds. The molecule has 6 heteroatoms. The molecule has 1 N–H and O–H groups in total. The fraction of sp³-hybridized carbons (Fsp3) is 0.348. The highest BCUT2D eigenvalue weighted by Gasteiger charge is 2.20. The lowest BCUT2D eigenvalue weighted by atomic mass is 10.1. The van der Waals surface area contributed by atoms with Crippen LogP contribution in [0.3, 0.4) is 0 Å². The Balaban J connectivity index is 1.49. The number of carbonyl (C=O) groups is 1. The third-order valence-corrected chi connectivity index (χ3v) is 5.49. The Hall–Kier alpha value is -3.15. The Kier molecular flexibility index (Phi) is 5.34. The van der Waals surface area contributed by atoms with Crippen molar-refractivity contribution in [3.63, 3.8) is 0 Å². The van der Waals surface area contributed by atoms with Crippen molar-refractivity contribution in [1.82, 2.24) is 9.78 Å². The number of rotatable bonds is 5. The summed E-state index contributed by atoms with van der Waals surface area (Å²) in [7, 11) is 0. The van der Waals surface area contributed by atoms with E-state index in [4.69, 9.17) is 4.74 Å². The summed E-state index contributed by atoms with van der Waals surface area (Å²) in [6.45, 7) is 3.52. The average molecular weight is 391 g/mol. The SMILES string of the molecule is Cc1nn([C@H](C)C(=O)Nc2ccc(OC3CCCC3)cc2)c(=O)c2ccccc12. The van der Waals surface area contributed by atoms with Crippen LogP contribution >= 0.6 is 0 Å². The van der Waals surface area contributed by atoms with Gasteiger partial charge in [0, 0.05) is 11.1 Å². The zero-order chi connectivity index (χ0) is 20.4. The summed E-state index contributed by atoms with van der Waals surface area (Å²) >= 11 is 0. The molecule has 4 rings (SSSR count). The van der Waals surface area contributed by atoms with Crippen molar-refractivity contribution in [3.8, 4) is 5.75 Å². The van der Waals surface area contributed by atoms with Crippen LogP contribution in [0.5, 0.6) is 5.75 Å². The minimum atomic E-state index is -0.736. The second-order valence-corrected chi connectivity index (χ2v) is 7.59. The van der Waals surface area contributed by atoms with E-state index in [-0.39, 0.29) is 11.5 Å². The Morgan fingerprint density at radius 1 is 1.10 bits per heavy atom. The van der Waals surface area contributed by atoms with Crippen molar-refractivity contribution < 1.29 is 9.53 Å². The second-order valence-electron chi connectivity index (χ2n) is 7.59. The number of fused-ring (bicyclic) bond motifs is 1. The average Bonchev–Trinajstić information content (AvgIpc) is 3.24. The molecule has 1 saturated carbocycles. The van der Waals surface area contributed by atoms with E-state index in [1.54, 1.807) is 13.0 Å². The summed E-state index contributed by atoms with van der Waals surface area (Å²) in [5, 5.41) is 8.59. The predicted octanol–water partition coefficient (Wildman–Crippen LogP) is 4.23. The van der Waals surface area contributed by atoms with Gasteiger partial charge in [0.05, 0.1) is 17.2 Å². The molecule has 0 unspecified atom stereocenters. The fourth-order valence-corrected chi connectivity index (χ4v) is 3.81. The molecule has 0 radical (unpaired) electrons. The standard InChI is InChI=1S/C23H25N3O3/c1-15-20-9-5-6-10-21(20)23(28)26(25-15)16(2)22(27)24-17-11-13-19(14-12-17)29-18-7-3-4-8-18/h5-6,9-14,16,18H,3-4,7-8H2,1-2H3,(H,24,27)/t16-/m1/s1. The first-order chi connectivity index (χ1) is 14.0. The fourth-order valence-electron chi connectivity index (χ4n) is 3.81. The van der Waals surface area contributed by atoms with Gasteiger partial charge in [0.15, 0.2) is 0 Å². The third kappa shape index (κ3) is 4.01. The molecule has 6 nitrogen and oxygen atoms in total. The van der Waals surface area contributed by atoms with Crippen molar-refractivity contribution >= 4 is 22.4 Å². The van der Waals surface area contributed by atoms with Crippen LogP contribution in [0.1, 0.15) is 44.3 Å². The molecule has 3 aromatic rings. The maximum absolute atomic E-state index is 12.8.